The van der Waals surface area contributed by atoms with Crippen LogP contribution >= 0.6 is 0 Å². The summed E-state index contributed by atoms with van der Waals surface area (Å²) in [5, 5.41) is 96.7. The van der Waals surface area contributed by atoms with E-state index < -0.39 is 268 Å². The van der Waals surface area contributed by atoms with Crippen LogP contribution in [0.1, 0.15) is 0 Å². The number of nitrogens with one attached hydrogen (secondary N) is 2. The fourth-order valence-corrected chi connectivity index (χ4v) is 12.3. The van der Waals surface area contributed by atoms with Crippen LogP contribution in [0.2, 0.25) is 0 Å². The van der Waals surface area contributed by atoms with Gasteiger partial charge < -0.3 is 88.6 Å². The Labute approximate surface area is 502 Å². The molecule has 5 aliphatic heterocycles. The number of aliphatic hydroxyl groups is 7. The molecule has 0 amide bonds. The van der Waals surface area contributed by atoms with E-state index in [1.807, 2.05) is 0 Å². The molecule has 5 saturated heterocycles. The van der Waals surface area contributed by atoms with Crippen molar-refractivity contribution in [2.24, 2.45) is 0 Å². The molecule has 25 atom stereocenters. The minimum Gasteiger partial charge on any atom is -0.479 e. The zero-order valence-corrected chi connectivity index (χ0v) is 49.4. The van der Waals surface area contributed by atoms with Gasteiger partial charge in [0.2, 0.25) is 0 Å². The molecule has 0 bridgehead atoms. The largest absolute Gasteiger partial charge is 0.479 e. The highest BCUT2D eigenvalue weighted by molar-refractivity contribution is 7.84. The van der Waals surface area contributed by atoms with Gasteiger partial charge in [-0.25, -0.2) is 34.7 Å². The fraction of sp³-hybridized carbons (Fsp3) is 0.933. The third-order valence-electron chi connectivity index (χ3n) is 12.1. The van der Waals surface area contributed by atoms with Crippen molar-refractivity contribution in [3.63, 3.8) is 0 Å². The standard InChI is InChI=1S/C30H50N2O50S8/c33-9-4(1-68-85(50,51)52)72-28(12(36)10(9)34)77-19-11(35)13(37)29(78-22(19)24(39)40)74-16-6(3-70-87(56,57)58)73-27(8(32-84(47,48)49)18(16)81-89(62,63)64)76-20-14(38)21(82-90(65,66)67)30(79-23(20)25(41)42)75-15-5(2-69-86(53,54)55)71-26(43)7(31-83(44,45)46)17(15)80-88(59,60)61/h4-23,26-38,43H,1-3H2,(H,39,40)(H,41,42)(H,44,45,46)(H,47,48,49)(H,50,51,52)(H,53,54,55)(H,56,57,58)(H,59,60,61)(H,62,63,64)(H,65,66,67)/t4-,5-,6-,7-,8-,9-,10+,11-,12-,13-,14+,15-,16-,17-,18-,19+,20+,21-,22+,23-,26+,27-,28-,29-,30-/m1/s1. The molecule has 52 nitrogen and oxygen atoms in total. The Hall–Kier alpha value is -2.74. The number of hydrogen-bond acceptors (Lipinski definition) is 40. The summed E-state index contributed by atoms with van der Waals surface area (Å²) in [6, 6.07) is -6.17. The number of aliphatic hydroxyl groups excluding tert-OH is 7. The minimum atomic E-state index is -6.36. The second-order valence-electron chi connectivity index (χ2n) is 18.4. The minimum absolute atomic E-state index is 1.08. The highest BCUT2D eigenvalue weighted by Gasteiger charge is 2.61. The topological polar surface area (TPSA) is 814 Å². The fourth-order valence-electron chi connectivity index (χ4n) is 8.72. The van der Waals surface area contributed by atoms with Crippen LogP contribution in [-0.4, -0.2) is 335 Å². The number of aliphatic carboxylic acids is 2. The monoisotopic (exact) mass is 1490 g/mol. The number of carboxylic acid groups (broad SMARTS) is 2. The Kier molecular flexibility index (Phi) is 25.4. The van der Waals surface area contributed by atoms with Crippen LogP contribution in [0.4, 0.5) is 0 Å². The SMILES string of the molecule is O=C(O)[C@H]1O[C@@H](O[C@H]2[C@H](OS(=O)(=O)O)[C@@H](NS(=O)(=O)O)[C@@H](O[C@H]3[C@H](O)[C@@H](OS(=O)(=O)O)[C@H](O[C@H]4[C@H](OS(=O)(=O)O)[C@@H](NS(=O)(=O)O)[C@@H](O)O[C@@H]4COS(=O)(=O)O)O[C@H]3C(=O)O)O[C@@H]2COS(=O)(=O)O)[C@H](O)[C@@H](O)[C@@H]1O[C@H]1O[C@H](COS(=O)(=O)O)[C@@H](O)[C@H](O)[C@H]1O. The van der Waals surface area contributed by atoms with Crippen LogP contribution in [0.5, 0.6) is 0 Å². The molecule has 5 aliphatic rings. The highest BCUT2D eigenvalue weighted by atomic mass is 32.3. The van der Waals surface area contributed by atoms with E-state index in [9.17, 15) is 155 Å². The average Bonchev–Trinajstić information content (AvgIpc) is 0.789. The third kappa shape index (κ3) is 22.4. The van der Waals surface area contributed by atoms with Crippen molar-refractivity contribution >= 4 is 94.9 Å². The molecule has 0 unspecified atom stereocenters. The molecule has 0 saturated carbocycles. The summed E-state index contributed by atoms with van der Waals surface area (Å²) in [4.78, 5) is 25.7. The van der Waals surface area contributed by atoms with E-state index in [-0.39, 0.29) is 0 Å². The lowest BCUT2D eigenvalue weighted by Gasteiger charge is -2.50. The Morgan fingerprint density at radius 2 is 0.667 bits per heavy atom. The molecule has 0 aromatic rings. The molecule has 90 heavy (non-hydrogen) atoms. The molecule has 0 aliphatic carbocycles. The Morgan fingerprint density at radius 1 is 0.333 bits per heavy atom. The Bertz CT molecular complexity index is 3470. The second kappa shape index (κ2) is 29.3. The van der Waals surface area contributed by atoms with Crippen LogP contribution in [-0.2, 0) is 160 Å². The van der Waals surface area contributed by atoms with Crippen LogP contribution in [0.15, 0.2) is 0 Å². The normalized spacial score (nSPS) is 38.9. The highest BCUT2D eigenvalue weighted by Crippen LogP contribution is 2.39. The summed E-state index contributed by atoms with van der Waals surface area (Å²) in [5.74, 6) is -4.94. The summed E-state index contributed by atoms with van der Waals surface area (Å²) in [6.07, 6.45) is -67.7. The molecule has 528 valence electrons. The van der Waals surface area contributed by atoms with Gasteiger partial charge in [0, 0.05) is 0 Å². The summed E-state index contributed by atoms with van der Waals surface area (Å²) in [7, 11) is -47.7. The van der Waals surface area contributed by atoms with Crippen LogP contribution in [0.25, 0.3) is 0 Å². The van der Waals surface area contributed by atoms with E-state index in [0.29, 0.717) is 0 Å². The van der Waals surface area contributed by atoms with Gasteiger partial charge in [-0.15, -0.1) is 0 Å². The number of hydrogen-bond donors (Lipinski definition) is 19. The van der Waals surface area contributed by atoms with E-state index in [1.54, 1.807) is 0 Å². The molecular weight excluding hydrogens is 1440 g/mol. The summed E-state index contributed by atoms with van der Waals surface area (Å²) >= 11 is 0. The van der Waals surface area contributed by atoms with Crippen molar-refractivity contribution in [2.45, 2.75) is 153 Å². The molecule has 5 rings (SSSR count). The molecule has 0 aromatic carbocycles. The molecule has 0 radical (unpaired) electrons. The molecule has 60 heteroatoms. The molecule has 5 fully saturated rings. The smallest absolute Gasteiger partial charge is 0.397 e. The van der Waals surface area contributed by atoms with Gasteiger partial charge in [-0.3, -0.25) is 36.4 Å². The first kappa shape index (κ1) is 78.0. The van der Waals surface area contributed by atoms with E-state index >= 15 is 0 Å². The predicted molar refractivity (Wildman–Crippen MR) is 255 cm³/mol. The van der Waals surface area contributed by atoms with Gasteiger partial charge in [0.1, 0.15) is 104 Å². The number of ether oxygens (including phenoxy) is 9. The van der Waals surface area contributed by atoms with Gasteiger partial charge in [-0.2, -0.15) is 76.8 Å². The van der Waals surface area contributed by atoms with Gasteiger partial charge in [-0.1, -0.05) is 0 Å². The van der Waals surface area contributed by atoms with Crippen LogP contribution < -0.4 is 9.44 Å². The number of carboxylic acids is 2. The maximum atomic E-state index is 13.0. The van der Waals surface area contributed by atoms with Crippen molar-refractivity contribution < 1.29 is 227 Å². The predicted octanol–water partition coefficient (Wildman–Crippen LogP) is -14.0. The van der Waals surface area contributed by atoms with Gasteiger partial charge in [0.15, 0.2) is 49.8 Å². The van der Waals surface area contributed by atoms with Crippen LogP contribution in [0, 0.1) is 0 Å². The molecular formula is C30H50N2O50S8. The van der Waals surface area contributed by atoms with Gasteiger partial charge >= 0.3 is 94.9 Å². The van der Waals surface area contributed by atoms with E-state index in [4.69, 9.17) is 47.2 Å². The van der Waals surface area contributed by atoms with E-state index in [2.05, 4.69) is 25.1 Å². The zero-order chi connectivity index (χ0) is 68.7. The zero-order valence-electron chi connectivity index (χ0n) is 42.9. The molecule has 0 spiro atoms. The number of rotatable bonds is 29. The lowest BCUT2D eigenvalue weighted by molar-refractivity contribution is -0.376. The Morgan fingerprint density at radius 3 is 1.10 bits per heavy atom. The van der Waals surface area contributed by atoms with Gasteiger partial charge in [0.05, 0.1) is 19.8 Å². The first-order valence-electron chi connectivity index (χ1n) is 23.1. The van der Waals surface area contributed by atoms with E-state index in [1.165, 1.54) is 0 Å². The van der Waals surface area contributed by atoms with Crippen molar-refractivity contribution in [1.82, 2.24) is 9.44 Å². The third-order valence-corrected chi connectivity index (χ3v) is 15.9. The van der Waals surface area contributed by atoms with Gasteiger partial charge in [0.25, 0.3) is 0 Å². The maximum absolute atomic E-state index is 13.0. The first-order chi connectivity index (χ1) is 40.6. The summed E-state index contributed by atoms with van der Waals surface area (Å²) < 4.78 is 343. The lowest BCUT2D eigenvalue weighted by atomic mass is 9.94. The van der Waals surface area contributed by atoms with E-state index in [0.717, 1.165) is 9.44 Å². The van der Waals surface area contributed by atoms with Crippen molar-refractivity contribution in [2.75, 3.05) is 19.8 Å². The molecule has 0 aromatic heterocycles. The lowest BCUT2D eigenvalue weighted by Crippen LogP contribution is -2.71. The van der Waals surface area contributed by atoms with Crippen molar-refractivity contribution in [3.8, 4) is 0 Å². The second-order valence-corrected chi connectivity index (χ2v) is 27.2. The maximum Gasteiger partial charge on any atom is 0.397 e. The average molecular weight is 1500 g/mol. The van der Waals surface area contributed by atoms with Crippen molar-refractivity contribution in [3.05, 3.63) is 0 Å². The van der Waals surface area contributed by atoms with Crippen LogP contribution in [0.3, 0.4) is 0 Å². The Balaban J connectivity index is 1.61. The summed E-state index contributed by atoms with van der Waals surface area (Å²) in [5.41, 5.74) is 0. The molecule has 19 N–H and O–H groups in total. The van der Waals surface area contributed by atoms with Gasteiger partial charge in [-0.05, 0) is 0 Å². The first-order valence-corrected chi connectivity index (χ1v) is 34.1. The summed E-state index contributed by atoms with van der Waals surface area (Å²) in [6.45, 7) is -5.23. The van der Waals surface area contributed by atoms with Crippen molar-refractivity contribution in [1.29, 1.82) is 0 Å². The number of carbonyl (C=O) groups is 2. The quantitative estimate of drug-likeness (QED) is 0.0309. The molecule has 5 heterocycles.